The molecule has 2 aliphatic rings. The molecule has 0 aromatic heterocycles. The Morgan fingerprint density at radius 3 is 2.83 bits per heavy atom. The number of hydrogen-bond donors (Lipinski definition) is 1. The SMILES string of the molecule is CNCc1ccc(OC2CC3CCC2C3)c(Br)c1. The Morgan fingerprint density at radius 1 is 1.33 bits per heavy atom. The molecule has 18 heavy (non-hydrogen) atoms. The van der Waals surface area contributed by atoms with Crippen LogP contribution >= 0.6 is 15.9 Å². The molecule has 1 N–H and O–H groups in total. The van der Waals surface area contributed by atoms with Gasteiger partial charge in [0.2, 0.25) is 0 Å². The quantitative estimate of drug-likeness (QED) is 0.915. The van der Waals surface area contributed by atoms with Crippen molar-refractivity contribution in [3.05, 3.63) is 28.2 Å². The zero-order valence-electron chi connectivity index (χ0n) is 10.8. The highest BCUT2D eigenvalue weighted by molar-refractivity contribution is 9.10. The maximum absolute atomic E-state index is 6.21. The second-order valence-electron chi connectivity index (χ2n) is 5.63. The first-order valence-electron chi connectivity index (χ1n) is 6.86. The highest BCUT2D eigenvalue weighted by Gasteiger charge is 2.41. The summed E-state index contributed by atoms with van der Waals surface area (Å²) in [6, 6.07) is 6.39. The summed E-state index contributed by atoms with van der Waals surface area (Å²) in [5.74, 6) is 2.74. The van der Waals surface area contributed by atoms with Crippen LogP contribution in [0.25, 0.3) is 0 Å². The van der Waals surface area contributed by atoms with Crippen molar-refractivity contribution in [3.63, 3.8) is 0 Å². The second-order valence-corrected chi connectivity index (χ2v) is 6.48. The lowest BCUT2D eigenvalue weighted by Gasteiger charge is -2.23. The minimum Gasteiger partial charge on any atom is -0.489 e. The van der Waals surface area contributed by atoms with E-state index >= 15 is 0 Å². The first kappa shape index (κ1) is 12.5. The molecule has 2 aliphatic carbocycles. The Hall–Kier alpha value is -0.540. The molecule has 0 aliphatic heterocycles. The van der Waals surface area contributed by atoms with E-state index in [-0.39, 0.29) is 0 Å². The molecule has 3 atom stereocenters. The van der Waals surface area contributed by atoms with Gasteiger partial charge in [0.25, 0.3) is 0 Å². The summed E-state index contributed by atoms with van der Waals surface area (Å²) in [5, 5.41) is 3.16. The predicted molar refractivity (Wildman–Crippen MR) is 76.8 cm³/mol. The van der Waals surface area contributed by atoms with Gasteiger partial charge in [-0.3, -0.25) is 0 Å². The van der Waals surface area contributed by atoms with Crippen molar-refractivity contribution >= 4 is 15.9 Å². The highest BCUT2D eigenvalue weighted by atomic mass is 79.9. The molecule has 2 nitrogen and oxygen atoms in total. The van der Waals surface area contributed by atoms with Crippen LogP contribution in [0, 0.1) is 11.8 Å². The molecule has 2 saturated carbocycles. The Kier molecular flexibility index (Phi) is 3.62. The zero-order valence-corrected chi connectivity index (χ0v) is 12.4. The molecule has 1 aromatic carbocycles. The van der Waals surface area contributed by atoms with Gasteiger partial charge in [-0.25, -0.2) is 0 Å². The number of halogens is 1. The molecule has 0 saturated heterocycles. The van der Waals surface area contributed by atoms with Crippen LogP contribution in [0.5, 0.6) is 5.75 Å². The van der Waals surface area contributed by atoms with Crippen LogP contribution < -0.4 is 10.1 Å². The molecule has 3 unspecified atom stereocenters. The molecule has 3 rings (SSSR count). The molecule has 98 valence electrons. The minimum atomic E-state index is 0.454. The third-order valence-electron chi connectivity index (χ3n) is 4.33. The van der Waals surface area contributed by atoms with E-state index in [1.54, 1.807) is 0 Å². The zero-order chi connectivity index (χ0) is 12.5. The third kappa shape index (κ3) is 2.43. The van der Waals surface area contributed by atoms with Gasteiger partial charge in [-0.1, -0.05) is 6.07 Å². The highest BCUT2D eigenvalue weighted by Crippen LogP contribution is 2.46. The topological polar surface area (TPSA) is 21.3 Å². The summed E-state index contributed by atoms with van der Waals surface area (Å²) in [6.07, 6.45) is 5.89. The van der Waals surface area contributed by atoms with Gasteiger partial charge in [0.1, 0.15) is 11.9 Å². The fourth-order valence-corrected chi connectivity index (χ4v) is 3.97. The van der Waals surface area contributed by atoms with Crippen LogP contribution in [-0.4, -0.2) is 13.2 Å². The average Bonchev–Trinajstić information content (AvgIpc) is 2.95. The minimum absolute atomic E-state index is 0.454. The van der Waals surface area contributed by atoms with E-state index in [2.05, 4.69) is 39.4 Å². The number of ether oxygens (including phenoxy) is 1. The normalized spacial score (nSPS) is 29.8. The molecule has 0 heterocycles. The van der Waals surface area contributed by atoms with Gasteiger partial charge in [0.05, 0.1) is 4.47 Å². The first-order chi connectivity index (χ1) is 8.76. The molecule has 0 amide bonds. The van der Waals surface area contributed by atoms with E-state index in [0.717, 1.165) is 28.6 Å². The number of hydrogen-bond acceptors (Lipinski definition) is 2. The van der Waals surface area contributed by atoms with E-state index in [0.29, 0.717) is 6.10 Å². The smallest absolute Gasteiger partial charge is 0.133 e. The summed E-state index contributed by atoms with van der Waals surface area (Å²) in [7, 11) is 1.97. The molecular formula is C15H20BrNO. The van der Waals surface area contributed by atoms with Gasteiger partial charge < -0.3 is 10.1 Å². The van der Waals surface area contributed by atoms with Crippen LogP contribution in [0.1, 0.15) is 31.2 Å². The Morgan fingerprint density at radius 2 is 2.22 bits per heavy atom. The number of nitrogens with one attached hydrogen (secondary N) is 1. The van der Waals surface area contributed by atoms with Gasteiger partial charge >= 0.3 is 0 Å². The predicted octanol–water partition coefficient (Wildman–Crippen LogP) is 3.74. The lowest BCUT2D eigenvalue weighted by atomic mass is 9.98. The van der Waals surface area contributed by atoms with E-state index < -0.39 is 0 Å². The van der Waals surface area contributed by atoms with Crippen molar-refractivity contribution in [2.24, 2.45) is 11.8 Å². The Bertz CT molecular complexity index is 435. The standard InChI is InChI=1S/C15H20BrNO/c1-17-9-11-3-5-14(13(16)7-11)18-15-8-10-2-4-12(15)6-10/h3,5,7,10,12,15,17H,2,4,6,8-9H2,1H3. The summed E-state index contributed by atoms with van der Waals surface area (Å²) in [6.45, 7) is 0.896. The lowest BCUT2D eigenvalue weighted by molar-refractivity contribution is 0.137. The van der Waals surface area contributed by atoms with Gasteiger partial charge in [-0.05, 0) is 78.2 Å². The molecule has 2 fully saturated rings. The van der Waals surface area contributed by atoms with Crippen LogP contribution in [-0.2, 0) is 6.54 Å². The molecule has 1 aromatic rings. The van der Waals surface area contributed by atoms with E-state index in [9.17, 15) is 0 Å². The van der Waals surface area contributed by atoms with Gasteiger partial charge in [-0.2, -0.15) is 0 Å². The van der Waals surface area contributed by atoms with E-state index in [1.807, 2.05) is 7.05 Å². The largest absolute Gasteiger partial charge is 0.489 e. The van der Waals surface area contributed by atoms with Crippen molar-refractivity contribution in [3.8, 4) is 5.75 Å². The van der Waals surface area contributed by atoms with Crippen LogP contribution in [0.15, 0.2) is 22.7 Å². The molecule has 3 heteroatoms. The molecule has 2 bridgehead atoms. The second kappa shape index (κ2) is 5.22. The molecule has 0 spiro atoms. The first-order valence-corrected chi connectivity index (χ1v) is 7.65. The lowest BCUT2D eigenvalue weighted by Crippen LogP contribution is -2.23. The summed E-state index contributed by atoms with van der Waals surface area (Å²) in [4.78, 5) is 0. The molecular weight excluding hydrogens is 290 g/mol. The summed E-state index contributed by atoms with van der Waals surface area (Å²) < 4.78 is 7.29. The third-order valence-corrected chi connectivity index (χ3v) is 4.95. The molecule has 0 radical (unpaired) electrons. The van der Waals surface area contributed by atoms with Gasteiger partial charge in [0, 0.05) is 6.54 Å². The van der Waals surface area contributed by atoms with Crippen molar-refractivity contribution < 1.29 is 4.74 Å². The maximum Gasteiger partial charge on any atom is 0.133 e. The van der Waals surface area contributed by atoms with Crippen molar-refractivity contribution in [2.75, 3.05) is 7.05 Å². The van der Waals surface area contributed by atoms with E-state index in [1.165, 1.54) is 31.2 Å². The monoisotopic (exact) mass is 309 g/mol. The van der Waals surface area contributed by atoms with Crippen LogP contribution in [0.4, 0.5) is 0 Å². The fourth-order valence-electron chi connectivity index (χ4n) is 3.45. The number of rotatable bonds is 4. The van der Waals surface area contributed by atoms with Crippen molar-refractivity contribution in [1.29, 1.82) is 0 Å². The van der Waals surface area contributed by atoms with Crippen molar-refractivity contribution in [1.82, 2.24) is 5.32 Å². The van der Waals surface area contributed by atoms with Crippen LogP contribution in [0.2, 0.25) is 0 Å². The van der Waals surface area contributed by atoms with Gasteiger partial charge in [0.15, 0.2) is 0 Å². The van der Waals surface area contributed by atoms with Crippen molar-refractivity contribution in [2.45, 2.75) is 38.3 Å². The average molecular weight is 310 g/mol. The van der Waals surface area contributed by atoms with Gasteiger partial charge in [-0.15, -0.1) is 0 Å². The number of fused-ring (bicyclic) bond motifs is 2. The maximum atomic E-state index is 6.21. The Labute approximate surface area is 117 Å². The number of benzene rings is 1. The van der Waals surface area contributed by atoms with E-state index in [4.69, 9.17) is 4.74 Å². The van der Waals surface area contributed by atoms with Crippen LogP contribution in [0.3, 0.4) is 0 Å². The summed E-state index contributed by atoms with van der Waals surface area (Å²) in [5.41, 5.74) is 1.28. The fraction of sp³-hybridized carbons (Fsp3) is 0.600. The summed E-state index contributed by atoms with van der Waals surface area (Å²) >= 11 is 3.62. The Balaban J connectivity index is 1.69.